The Hall–Kier alpha value is -3.16. The van der Waals surface area contributed by atoms with Crippen molar-refractivity contribution in [3.63, 3.8) is 0 Å². The third kappa shape index (κ3) is 2.89. The van der Waals surface area contributed by atoms with E-state index in [1.807, 2.05) is 5.43 Å². The number of para-hydroxylation sites is 1. The Morgan fingerprint density at radius 1 is 1.05 bits per heavy atom. The Morgan fingerprint density at radius 2 is 1.71 bits per heavy atom. The summed E-state index contributed by atoms with van der Waals surface area (Å²) in [6.45, 7) is 0. The quantitative estimate of drug-likeness (QED) is 0.303. The highest BCUT2D eigenvalue weighted by molar-refractivity contribution is 6.45. The fraction of sp³-hybridized carbons (Fsp3) is 0.0769. The Labute approximate surface area is 118 Å². The minimum atomic E-state index is -1.19. The topological polar surface area (TPSA) is 117 Å². The Bertz CT molecular complexity index is 734. The number of esters is 1. The lowest BCUT2D eigenvalue weighted by Gasteiger charge is -2.04. The van der Waals surface area contributed by atoms with E-state index < -0.39 is 23.6 Å². The Balaban J connectivity index is 2.08. The van der Waals surface area contributed by atoms with Crippen LogP contribution in [0, 0.1) is 0 Å². The van der Waals surface area contributed by atoms with Gasteiger partial charge in [-0.25, -0.2) is 4.79 Å². The van der Waals surface area contributed by atoms with E-state index in [2.05, 4.69) is 9.72 Å². The molecule has 0 saturated carbocycles. The molecule has 0 radical (unpaired) electrons. The molecule has 1 aromatic carbocycles. The molecule has 0 fully saturated rings. The highest BCUT2D eigenvalue weighted by Crippen LogP contribution is 2.17. The number of Topliss-reactive ketones (excluding diaryl/α,β-unsaturated/α-hetero) is 1. The summed E-state index contributed by atoms with van der Waals surface area (Å²) in [6, 6.07) is 6.94. The Kier molecular flexibility index (Phi) is 3.98. The molecule has 0 bridgehead atoms. The van der Waals surface area contributed by atoms with Crippen molar-refractivity contribution in [1.82, 2.24) is 15.8 Å². The number of nitrogens with one attached hydrogen (secondary N) is 3. The molecule has 0 atom stereocenters. The third-order valence-corrected chi connectivity index (χ3v) is 2.70. The summed E-state index contributed by atoms with van der Waals surface area (Å²) in [5, 5.41) is 0.581. The van der Waals surface area contributed by atoms with E-state index in [0.717, 1.165) is 7.11 Å². The molecule has 8 heteroatoms. The second kappa shape index (κ2) is 5.87. The molecular formula is C13H11N3O5. The molecule has 21 heavy (non-hydrogen) atoms. The molecule has 2 rings (SSSR count). The van der Waals surface area contributed by atoms with Crippen molar-refractivity contribution >= 4 is 34.5 Å². The van der Waals surface area contributed by atoms with Crippen LogP contribution in [-0.4, -0.2) is 35.7 Å². The zero-order valence-electron chi connectivity index (χ0n) is 10.9. The largest absolute Gasteiger partial charge is 0.462 e. The number of aromatic nitrogens is 1. The van der Waals surface area contributed by atoms with E-state index in [9.17, 15) is 19.2 Å². The molecule has 108 valence electrons. The summed E-state index contributed by atoms with van der Waals surface area (Å²) in [5.74, 6) is -4.29. The molecule has 0 aliphatic heterocycles. The van der Waals surface area contributed by atoms with Crippen LogP contribution in [0.25, 0.3) is 10.9 Å². The van der Waals surface area contributed by atoms with Gasteiger partial charge < -0.3 is 9.72 Å². The maximum Gasteiger partial charge on any atom is 0.398 e. The number of aromatic amines is 1. The van der Waals surface area contributed by atoms with Crippen LogP contribution < -0.4 is 10.9 Å². The summed E-state index contributed by atoms with van der Waals surface area (Å²) in [4.78, 5) is 48.4. The molecule has 2 amide bonds. The van der Waals surface area contributed by atoms with Crippen LogP contribution in [0.4, 0.5) is 0 Å². The van der Waals surface area contributed by atoms with Gasteiger partial charge in [-0.3, -0.25) is 25.2 Å². The van der Waals surface area contributed by atoms with Crippen molar-refractivity contribution in [2.45, 2.75) is 0 Å². The van der Waals surface area contributed by atoms with Crippen LogP contribution >= 0.6 is 0 Å². The summed E-state index contributed by atoms with van der Waals surface area (Å²) in [6.07, 6.45) is 1.40. The van der Waals surface area contributed by atoms with Crippen LogP contribution in [0.1, 0.15) is 10.4 Å². The van der Waals surface area contributed by atoms with E-state index in [-0.39, 0.29) is 5.56 Å². The van der Waals surface area contributed by atoms with Crippen molar-refractivity contribution in [2.75, 3.05) is 7.11 Å². The number of amides is 2. The number of ketones is 1. The third-order valence-electron chi connectivity index (χ3n) is 2.70. The van der Waals surface area contributed by atoms with Crippen LogP contribution in [0.15, 0.2) is 30.5 Å². The lowest BCUT2D eigenvalue weighted by atomic mass is 10.1. The van der Waals surface area contributed by atoms with Gasteiger partial charge in [0.2, 0.25) is 0 Å². The van der Waals surface area contributed by atoms with Gasteiger partial charge in [0.05, 0.1) is 12.7 Å². The normalized spacial score (nSPS) is 9.95. The second-order valence-corrected chi connectivity index (χ2v) is 3.98. The van der Waals surface area contributed by atoms with Gasteiger partial charge in [-0.15, -0.1) is 0 Å². The fourth-order valence-corrected chi connectivity index (χ4v) is 1.70. The average molecular weight is 289 g/mol. The molecule has 1 heterocycles. The number of hydrogen-bond acceptors (Lipinski definition) is 5. The smallest absolute Gasteiger partial charge is 0.398 e. The fourth-order valence-electron chi connectivity index (χ4n) is 1.70. The van der Waals surface area contributed by atoms with Gasteiger partial charge in [-0.2, -0.15) is 0 Å². The molecule has 8 nitrogen and oxygen atoms in total. The minimum Gasteiger partial charge on any atom is -0.462 e. The molecular weight excluding hydrogens is 278 g/mol. The van der Waals surface area contributed by atoms with Crippen molar-refractivity contribution < 1.29 is 23.9 Å². The van der Waals surface area contributed by atoms with Gasteiger partial charge in [0.15, 0.2) is 0 Å². The molecule has 1 aromatic heterocycles. The predicted octanol–water partition coefficient (Wildman–Crippen LogP) is -0.329. The zero-order valence-corrected chi connectivity index (χ0v) is 10.9. The summed E-state index contributed by atoms with van der Waals surface area (Å²) in [7, 11) is 1.01. The van der Waals surface area contributed by atoms with Crippen LogP contribution in [-0.2, 0) is 19.1 Å². The predicted molar refractivity (Wildman–Crippen MR) is 70.9 cm³/mol. The van der Waals surface area contributed by atoms with E-state index >= 15 is 0 Å². The lowest BCUT2D eigenvalue weighted by Crippen LogP contribution is -2.47. The molecule has 0 spiro atoms. The number of fused-ring (bicyclic) bond motifs is 1. The summed E-state index contributed by atoms with van der Waals surface area (Å²) >= 11 is 0. The maximum atomic E-state index is 12.0. The molecule has 0 saturated heterocycles. The molecule has 2 aromatic rings. The van der Waals surface area contributed by atoms with Crippen LogP contribution in [0.2, 0.25) is 0 Å². The zero-order chi connectivity index (χ0) is 15.4. The SMILES string of the molecule is COC(=O)C(=O)NNC(=O)C(=O)c1c[nH]c2ccccc12. The van der Waals surface area contributed by atoms with E-state index in [1.165, 1.54) is 6.20 Å². The van der Waals surface area contributed by atoms with Crippen molar-refractivity contribution in [1.29, 1.82) is 0 Å². The standard InChI is InChI=1S/C13H11N3O5/c1-21-13(20)12(19)16-15-11(18)10(17)8-6-14-9-5-3-2-4-7(8)9/h2-6,14H,1H3,(H,15,18)(H,16,19). The van der Waals surface area contributed by atoms with E-state index in [0.29, 0.717) is 10.9 Å². The number of carbonyl (C=O) groups excluding carboxylic acids is 4. The van der Waals surface area contributed by atoms with Gasteiger partial charge in [-0.1, -0.05) is 18.2 Å². The number of hydrazine groups is 1. The van der Waals surface area contributed by atoms with Crippen molar-refractivity contribution in [3.8, 4) is 0 Å². The van der Waals surface area contributed by atoms with E-state index in [4.69, 9.17) is 0 Å². The summed E-state index contributed by atoms with van der Waals surface area (Å²) < 4.78 is 4.14. The van der Waals surface area contributed by atoms with Gasteiger partial charge in [0.25, 0.3) is 5.78 Å². The van der Waals surface area contributed by atoms with Gasteiger partial charge in [0, 0.05) is 17.1 Å². The first-order chi connectivity index (χ1) is 10.0. The number of carbonyl (C=O) groups is 4. The monoisotopic (exact) mass is 289 g/mol. The first-order valence-electron chi connectivity index (χ1n) is 5.83. The maximum absolute atomic E-state index is 12.0. The molecule has 0 aliphatic rings. The average Bonchev–Trinajstić information content (AvgIpc) is 2.94. The first-order valence-corrected chi connectivity index (χ1v) is 5.83. The van der Waals surface area contributed by atoms with E-state index in [1.54, 1.807) is 29.7 Å². The van der Waals surface area contributed by atoms with Gasteiger partial charge in [0.1, 0.15) is 0 Å². The number of methoxy groups -OCH3 is 1. The highest BCUT2D eigenvalue weighted by Gasteiger charge is 2.21. The lowest BCUT2D eigenvalue weighted by molar-refractivity contribution is -0.153. The highest BCUT2D eigenvalue weighted by atomic mass is 16.5. The van der Waals surface area contributed by atoms with Gasteiger partial charge in [-0.05, 0) is 6.07 Å². The van der Waals surface area contributed by atoms with Crippen LogP contribution in [0.3, 0.4) is 0 Å². The molecule has 0 unspecified atom stereocenters. The first kappa shape index (κ1) is 14.3. The number of ether oxygens (including phenoxy) is 1. The van der Waals surface area contributed by atoms with Crippen molar-refractivity contribution in [2.24, 2.45) is 0 Å². The number of rotatable bonds is 2. The van der Waals surface area contributed by atoms with Crippen molar-refractivity contribution in [3.05, 3.63) is 36.0 Å². The molecule has 3 N–H and O–H groups in total. The Morgan fingerprint density at radius 3 is 2.43 bits per heavy atom. The number of hydrogen-bond donors (Lipinski definition) is 3. The molecule has 0 aliphatic carbocycles. The second-order valence-electron chi connectivity index (χ2n) is 3.98. The van der Waals surface area contributed by atoms with Gasteiger partial charge >= 0.3 is 17.8 Å². The number of benzene rings is 1. The summed E-state index contributed by atoms with van der Waals surface area (Å²) in [5.41, 5.74) is 4.49. The minimum absolute atomic E-state index is 0.162. The number of H-pyrrole nitrogens is 1. The van der Waals surface area contributed by atoms with Crippen LogP contribution in [0.5, 0.6) is 0 Å².